The van der Waals surface area contributed by atoms with E-state index >= 15 is 0 Å². The summed E-state index contributed by atoms with van der Waals surface area (Å²) >= 11 is 0. The Morgan fingerprint density at radius 1 is 0.828 bits per heavy atom. The Labute approximate surface area is 173 Å². The van der Waals surface area contributed by atoms with Crippen LogP contribution in [0.25, 0.3) is 0 Å². The highest BCUT2D eigenvalue weighted by molar-refractivity contribution is 6.43. The van der Waals surface area contributed by atoms with Gasteiger partial charge in [0.1, 0.15) is 0 Å². The molecule has 0 spiro atoms. The van der Waals surface area contributed by atoms with Crippen LogP contribution in [0.3, 0.4) is 0 Å². The van der Waals surface area contributed by atoms with Gasteiger partial charge in [-0.05, 0) is 35.2 Å². The van der Waals surface area contributed by atoms with Gasteiger partial charge in [0.15, 0.2) is 11.5 Å². The molecule has 0 aliphatic carbocycles. The van der Waals surface area contributed by atoms with Gasteiger partial charge >= 0.3 is 5.97 Å². The molecule has 154 valence electrons. The molecule has 0 fully saturated rings. The molecule has 0 saturated heterocycles. The fraction of sp³-hybridized carbons (Fsp3) is 0.375. The van der Waals surface area contributed by atoms with Crippen molar-refractivity contribution in [1.29, 1.82) is 0 Å². The number of ketones is 1. The van der Waals surface area contributed by atoms with Gasteiger partial charge in [0, 0.05) is 16.5 Å². The normalized spacial score (nSPS) is 12.4. The van der Waals surface area contributed by atoms with E-state index in [9.17, 15) is 9.59 Å². The molecule has 0 bridgehead atoms. The summed E-state index contributed by atoms with van der Waals surface area (Å²) in [6.07, 6.45) is 0. The van der Waals surface area contributed by atoms with Crippen molar-refractivity contribution >= 4 is 23.2 Å². The lowest BCUT2D eigenvalue weighted by molar-refractivity contribution is -0.132. The second-order valence-electron chi connectivity index (χ2n) is 9.05. The maximum atomic E-state index is 12.3. The minimum Gasteiger partial charge on any atom is -0.464 e. The third kappa shape index (κ3) is 5.76. The van der Waals surface area contributed by atoms with E-state index in [1.54, 1.807) is 24.3 Å². The first-order chi connectivity index (χ1) is 13.4. The first-order valence-electron chi connectivity index (χ1n) is 9.61. The van der Waals surface area contributed by atoms with Crippen molar-refractivity contribution in [2.45, 2.75) is 47.0 Å². The largest absolute Gasteiger partial charge is 0.464 e. The van der Waals surface area contributed by atoms with Gasteiger partial charge in [-0.15, -0.1) is 0 Å². The average Bonchev–Trinajstić information content (AvgIpc) is 2.66. The van der Waals surface area contributed by atoms with Crippen LogP contribution in [0.5, 0.6) is 0 Å². The maximum Gasteiger partial charge on any atom is 0.359 e. The van der Waals surface area contributed by atoms with E-state index in [0.717, 1.165) is 5.56 Å². The van der Waals surface area contributed by atoms with Crippen molar-refractivity contribution in [3.8, 4) is 0 Å². The summed E-state index contributed by atoms with van der Waals surface area (Å²) in [7, 11) is 1.33. The number of benzene rings is 2. The predicted octanol–water partition coefficient (Wildman–Crippen LogP) is 5.20. The molecule has 0 atom stereocenters. The second-order valence-corrected chi connectivity index (χ2v) is 9.05. The number of esters is 1. The number of carbonyl (C=O) groups is 2. The van der Waals surface area contributed by atoms with Crippen LogP contribution in [0.4, 0.5) is 5.69 Å². The first-order valence-corrected chi connectivity index (χ1v) is 9.61. The molecule has 0 saturated carbocycles. The van der Waals surface area contributed by atoms with Crippen LogP contribution in [0.2, 0.25) is 0 Å². The molecule has 0 amide bonds. The highest BCUT2D eigenvalue weighted by Gasteiger charge is 2.22. The molecule has 0 unspecified atom stereocenters. The quantitative estimate of drug-likeness (QED) is 0.327. The third-order valence-corrected chi connectivity index (χ3v) is 4.53. The minimum absolute atomic E-state index is 0.0194. The van der Waals surface area contributed by atoms with E-state index in [1.165, 1.54) is 7.11 Å². The average molecular weight is 395 g/mol. The Balaban J connectivity index is 2.26. The van der Waals surface area contributed by atoms with E-state index in [4.69, 9.17) is 4.74 Å². The lowest BCUT2D eigenvalue weighted by atomic mass is 9.86. The molecule has 0 aliphatic rings. The molecule has 0 heterocycles. The summed E-state index contributed by atoms with van der Waals surface area (Å²) < 4.78 is 4.89. The number of hydrogen-bond donors (Lipinski definition) is 1. The number of carbonyl (C=O) groups excluding carboxylic acids is 2. The zero-order chi connectivity index (χ0) is 21.8. The molecule has 2 aromatic carbocycles. The summed E-state index contributed by atoms with van der Waals surface area (Å²) in [5.74, 6) is -0.456. The lowest BCUT2D eigenvalue weighted by Gasteiger charge is -2.19. The predicted molar refractivity (Wildman–Crippen MR) is 118 cm³/mol. The van der Waals surface area contributed by atoms with Crippen LogP contribution in [0.15, 0.2) is 53.6 Å². The Bertz CT molecular complexity index is 897. The topological polar surface area (TPSA) is 67.8 Å². The number of nitrogens with zero attached hydrogens (tertiary/aromatic N) is 1. The third-order valence-electron chi connectivity index (χ3n) is 4.53. The molecule has 5 nitrogen and oxygen atoms in total. The van der Waals surface area contributed by atoms with Crippen molar-refractivity contribution in [3.05, 3.63) is 65.2 Å². The molecular weight excluding hydrogens is 364 g/mol. The maximum absolute atomic E-state index is 12.3. The molecule has 2 rings (SSSR count). The standard InChI is InChI=1S/C24H30N2O3/c1-23(2,3)18-12-8-16(9-13-18)20(22(28)29-7)26-25-19-14-10-17(11-15-19)21(27)24(4,5)6/h8-15,25H,1-7H3/b26-20-. The highest BCUT2D eigenvalue weighted by atomic mass is 16.5. The van der Waals surface area contributed by atoms with Crippen LogP contribution in [0.1, 0.15) is 63.0 Å². The lowest BCUT2D eigenvalue weighted by Crippen LogP contribution is -2.20. The van der Waals surface area contributed by atoms with E-state index < -0.39 is 11.4 Å². The number of nitrogens with one attached hydrogen (secondary N) is 1. The van der Waals surface area contributed by atoms with Gasteiger partial charge in [-0.3, -0.25) is 10.2 Å². The number of ether oxygens (including phenoxy) is 1. The summed E-state index contributed by atoms with van der Waals surface area (Å²) in [5.41, 5.74) is 5.78. The fourth-order valence-electron chi connectivity index (χ4n) is 2.70. The molecule has 0 aromatic heterocycles. The highest BCUT2D eigenvalue weighted by Crippen LogP contribution is 2.23. The zero-order valence-corrected chi connectivity index (χ0v) is 18.3. The monoisotopic (exact) mass is 394 g/mol. The number of Topliss-reactive ketones (excluding diaryl/α,β-unsaturated/α-hetero) is 1. The van der Waals surface area contributed by atoms with E-state index in [-0.39, 0.29) is 16.9 Å². The summed E-state index contributed by atoms with van der Waals surface area (Å²) in [6.45, 7) is 12.1. The summed E-state index contributed by atoms with van der Waals surface area (Å²) in [5, 5.41) is 4.26. The molecular formula is C24H30N2O3. The Hall–Kier alpha value is -2.95. The SMILES string of the molecule is COC(=O)/C(=N\Nc1ccc(C(=O)C(C)(C)C)cc1)c1ccc(C(C)(C)C)cc1. The van der Waals surface area contributed by atoms with Crippen LogP contribution in [0, 0.1) is 5.41 Å². The van der Waals surface area contributed by atoms with Gasteiger partial charge in [-0.1, -0.05) is 65.8 Å². The molecule has 5 heteroatoms. The Morgan fingerprint density at radius 2 is 1.34 bits per heavy atom. The van der Waals surface area contributed by atoms with E-state index in [1.807, 2.05) is 45.0 Å². The summed E-state index contributed by atoms with van der Waals surface area (Å²) in [4.78, 5) is 24.6. The van der Waals surface area contributed by atoms with Gasteiger partial charge in [0.25, 0.3) is 0 Å². The van der Waals surface area contributed by atoms with Gasteiger partial charge < -0.3 is 4.74 Å². The van der Waals surface area contributed by atoms with Gasteiger partial charge in [-0.2, -0.15) is 5.10 Å². The van der Waals surface area contributed by atoms with E-state index in [2.05, 4.69) is 31.3 Å². The van der Waals surface area contributed by atoms with Gasteiger partial charge in [0.05, 0.1) is 12.8 Å². The number of hydrogen-bond acceptors (Lipinski definition) is 5. The number of anilines is 1. The molecule has 0 aliphatic heterocycles. The summed E-state index contributed by atoms with van der Waals surface area (Å²) in [6, 6.07) is 14.7. The molecule has 1 N–H and O–H groups in total. The van der Waals surface area contributed by atoms with Crippen LogP contribution >= 0.6 is 0 Å². The van der Waals surface area contributed by atoms with Gasteiger partial charge in [-0.25, -0.2) is 4.79 Å². The number of rotatable bonds is 5. The molecule has 29 heavy (non-hydrogen) atoms. The van der Waals surface area contributed by atoms with E-state index in [0.29, 0.717) is 16.8 Å². The molecule has 2 aromatic rings. The second kappa shape index (κ2) is 8.60. The number of hydrazone groups is 1. The minimum atomic E-state index is -0.527. The van der Waals surface area contributed by atoms with Crippen LogP contribution in [-0.4, -0.2) is 24.6 Å². The molecule has 0 radical (unpaired) electrons. The smallest absolute Gasteiger partial charge is 0.359 e. The fourth-order valence-corrected chi connectivity index (χ4v) is 2.70. The van der Waals surface area contributed by atoms with Crippen LogP contribution in [-0.2, 0) is 14.9 Å². The first kappa shape index (κ1) is 22.3. The van der Waals surface area contributed by atoms with Crippen molar-refractivity contribution in [2.24, 2.45) is 10.5 Å². The Morgan fingerprint density at radius 3 is 1.79 bits per heavy atom. The van der Waals surface area contributed by atoms with Crippen molar-refractivity contribution in [2.75, 3.05) is 12.5 Å². The van der Waals surface area contributed by atoms with Gasteiger partial charge in [0.2, 0.25) is 0 Å². The Kier molecular flexibility index (Phi) is 6.62. The van der Waals surface area contributed by atoms with Crippen molar-refractivity contribution in [1.82, 2.24) is 0 Å². The van der Waals surface area contributed by atoms with Crippen molar-refractivity contribution in [3.63, 3.8) is 0 Å². The zero-order valence-electron chi connectivity index (χ0n) is 18.3. The van der Waals surface area contributed by atoms with Crippen LogP contribution < -0.4 is 5.43 Å². The number of methoxy groups -OCH3 is 1. The van der Waals surface area contributed by atoms with Crippen molar-refractivity contribution < 1.29 is 14.3 Å².